The van der Waals surface area contributed by atoms with Crippen LogP contribution in [0.2, 0.25) is 0 Å². The van der Waals surface area contributed by atoms with Crippen LogP contribution in [-0.2, 0) is 17.7 Å². The van der Waals surface area contributed by atoms with Gasteiger partial charge in [0.05, 0.1) is 12.6 Å². The Hall–Kier alpha value is -0.820. The highest BCUT2D eigenvalue weighted by Gasteiger charge is 2.20. The molecule has 0 aliphatic carbocycles. The zero-order valence-electron chi connectivity index (χ0n) is 13.3. The maximum Gasteiger partial charge on any atom is 0.194 e. The molecule has 0 spiro atoms. The van der Waals surface area contributed by atoms with Gasteiger partial charge in [-0.3, -0.25) is 4.99 Å². The van der Waals surface area contributed by atoms with Crippen molar-refractivity contribution in [2.75, 3.05) is 26.2 Å². The van der Waals surface area contributed by atoms with Crippen LogP contribution in [0.15, 0.2) is 29.3 Å². The number of hydrogen-bond acceptors (Lipinski definition) is 2. The molecule has 4 nitrogen and oxygen atoms in total. The van der Waals surface area contributed by atoms with Gasteiger partial charge in [-0.1, -0.05) is 24.3 Å². The molecule has 0 saturated carbocycles. The quantitative estimate of drug-likeness (QED) is 0.469. The second kappa shape index (κ2) is 8.72. The van der Waals surface area contributed by atoms with Crippen molar-refractivity contribution in [3.8, 4) is 0 Å². The third-order valence-corrected chi connectivity index (χ3v) is 4.23. The van der Waals surface area contributed by atoms with Gasteiger partial charge in [0.15, 0.2) is 5.96 Å². The summed E-state index contributed by atoms with van der Waals surface area (Å²) in [6, 6.07) is 8.72. The van der Waals surface area contributed by atoms with Gasteiger partial charge < -0.3 is 15.0 Å². The van der Waals surface area contributed by atoms with Crippen LogP contribution < -0.4 is 5.32 Å². The van der Waals surface area contributed by atoms with Crippen molar-refractivity contribution in [3.05, 3.63) is 35.4 Å². The molecule has 0 bridgehead atoms. The Bertz CT molecular complexity index is 500. The first-order valence-corrected chi connectivity index (χ1v) is 8.08. The Morgan fingerprint density at radius 2 is 2.18 bits per heavy atom. The van der Waals surface area contributed by atoms with Crippen molar-refractivity contribution in [1.29, 1.82) is 0 Å². The lowest BCUT2D eigenvalue weighted by atomic mass is 10.0. The van der Waals surface area contributed by atoms with Crippen molar-refractivity contribution >= 4 is 29.9 Å². The molecule has 22 heavy (non-hydrogen) atoms. The summed E-state index contributed by atoms with van der Waals surface area (Å²) in [6.07, 6.45) is 3.73. The molecular weight excluding hydrogens is 389 g/mol. The lowest BCUT2D eigenvalue weighted by molar-refractivity contribution is 0.117. The maximum atomic E-state index is 5.67. The lowest BCUT2D eigenvalue weighted by Crippen LogP contribution is -2.44. The van der Waals surface area contributed by atoms with E-state index in [0.717, 1.165) is 51.6 Å². The van der Waals surface area contributed by atoms with E-state index in [9.17, 15) is 0 Å². The number of guanidine groups is 1. The first kappa shape index (κ1) is 17.5. The fourth-order valence-corrected chi connectivity index (χ4v) is 3.08. The molecule has 1 saturated heterocycles. The second-order valence-electron chi connectivity index (χ2n) is 5.77. The number of hydrogen-bond donors (Lipinski definition) is 1. The molecular formula is C17H26IN3O. The van der Waals surface area contributed by atoms with Crippen LogP contribution in [0, 0.1) is 0 Å². The normalized spacial score (nSPS) is 21.2. The van der Waals surface area contributed by atoms with Gasteiger partial charge in [-0.15, -0.1) is 24.0 Å². The van der Waals surface area contributed by atoms with Crippen LogP contribution >= 0.6 is 24.0 Å². The van der Waals surface area contributed by atoms with Gasteiger partial charge in [0.2, 0.25) is 0 Å². The fraction of sp³-hybridized carbons (Fsp3) is 0.588. The molecule has 1 unspecified atom stereocenters. The molecule has 0 aromatic heterocycles. The Balaban J connectivity index is 0.00000176. The fourth-order valence-electron chi connectivity index (χ4n) is 3.08. The predicted molar refractivity (Wildman–Crippen MR) is 101 cm³/mol. The zero-order chi connectivity index (χ0) is 14.5. The first-order valence-electron chi connectivity index (χ1n) is 8.08. The third-order valence-electron chi connectivity index (χ3n) is 4.23. The van der Waals surface area contributed by atoms with Gasteiger partial charge in [0, 0.05) is 26.2 Å². The monoisotopic (exact) mass is 415 g/mol. The number of aliphatic imine (C=N–C) groups is 1. The molecule has 1 N–H and O–H groups in total. The molecule has 1 atom stereocenters. The summed E-state index contributed by atoms with van der Waals surface area (Å²) in [5, 5.41) is 3.43. The van der Waals surface area contributed by atoms with E-state index in [-0.39, 0.29) is 24.0 Å². The van der Waals surface area contributed by atoms with Crippen LogP contribution in [0.1, 0.15) is 30.9 Å². The Morgan fingerprint density at radius 1 is 1.36 bits per heavy atom. The van der Waals surface area contributed by atoms with Crippen molar-refractivity contribution in [3.63, 3.8) is 0 Å². The number of nitrogens with zero attached hydrogens (tertiary/aromatic N) is 2. The summed E-state index contributed by atoms with van der Waals surface area (Å²) in [5.41, 5.74) is 2.90. The number of nitrogens with one attached hydrogen (secondary N) is 1. The van der Waals surface area contributed by atoms with Crippen LogP contribution in [0.5, 0.6) is 0 Å². The van der Waals surface area contributed by atoms with Gasteiger partial charge in [-0.2, -0.15) is 0 Å². The smallest absolute Gasteiger partial charge is 0.194 e. The highest BCUT2D eigenvalue weighted by Crippen LogP contribution is 2.19. The van der Waals surface area contributed by atoms with Crippen LogP contribution in [-0.4, -0.2) is 43.2 Å². The largest absolute Gasteiger partial charge is 0.376 e. The molecule has 1 fully saturated rings. The van der Waals surface area contributed by atoms with Crippen LogP contribution in [0.4, 0.5) is 0 Å². The Labute approximate surface area is 150 Å². The first-order chi connectivity index (χ1) is 10.4. The number of rotatable bonds is 3. The summed E-state index contributed by atoms with van der Waals surface area (Å²) >= 11 is 0. The topological polar surface area (TPSA) is 36.9 Å². The Kier molecular flexibility index (Phi) is 6.95. The second-order valence-corrected chi connectivity index (χ2v) is 5.77. The van der Waals surface area contributed by atoms with Gasteiger partial charge in [-0.05, 0) is 37.3 Å². The predicted octanol–water partition coefficient (Wildman–Crippen LogP) is 2.81. The summed E-state index contributed by atoms with van der Waals surface area (Å²) < 4.78 is 5.67. The number of fused-ring (bicyclic) bond motifs is 1. The minimum Gasteiger partial charge on any atom is -0.376 e. The minimum absolute atomic E-state index is 0. The van der Waals surface area contributed by atoms with E-state index in [1.54, 1.807) is 0 Å². The average Bonchev–Trinajstić information content (AvgIpc) is 3.04. The van der Waals surface area contributed by atoms with Gasteiger partial charge in [-0.25, -0.2) is 0 Å². The van der Waals surface area contributed by atoms with E-state index in [2.05, 4.69) is 41.4 Å². The van der Waals surface area contributed by atoms with Crippen molar-refractivity contribution in [2.24, 2.45) is 4.99 Å². The molecule has 1 aromatic rings. The number of ether oxygens (including phenoxy) is 1. The molecule has 5 heteroatoms. The van der Waals surface area contributed by atoms with E-state index < -0.39 is 0 Å². The van der Waals surface area contributed by atoms with Crippen LogP contribution in [0.25, 0.3) is 0 Å². The zero-order valence-corrected chi connectivity index (χ0v) is 15.6. The summed E-state index contributed by atoms with van der Waals surface area (Å²) in [7, 11) is 0. The molecule has 2 heterocycles. The van der Waals surface area contributed by atoms with E-state index >= 15 is 0 Å². The van der Waals surface area contributed by atoms with Gasteiger partial charge >= 0.3 is 0 Å². The molecule has 0 radical (unpaired) electrons. The highest BCUT2D eigenvalue weighted by molar-refractivity contribution is 14.0. The molecule has 0 amide bonds. The summed E-state index contributed by atoms with van der Waals surface area (Å²) in [4.78, 5) is 7.16. The average molecular weight is 415 g/mol. The van der Waals surface area contributed by atoms with E-state index in [4.69, 9.17) is 9.73 Å². The molecule has 2 aliphatic heterocycles. The van der Waals surface area contributed by atoms with Crippen molar-refractivity contribution in [2.45, 2.75) is 38.8 Å². The van der Waals surface area contributed by atoms with E-state index in [0.29, 0.717) is 6.10 Å². The number of benzene rings is 1. The van der Waals surface area contributed by atoms with Gasteiger partial charge in [0.1, 0.15) is 0 Å². The van der Waals surface area contributed by atoms with Crippen molar-refractivity contribution in [1.82, 2.24) is 10.2 Å². The minimum atomic E-state index is 0. The summed E-state index contributed by atoms with van der Waals surface area (Å²) in [5.74, 6) is 1.03. The van der Waals surface area contributed by atoms with E-state index in [1.807, 2.05) is 0 Å². The molecule has 2 aliphatic rings. The SMILES string of the molecule is CCNC(=NCC1CCCO1)N1CCc2ccccc2C1.I. The molecule has 1 aromatic carbocycles. The molecule has 122 valence electrons. The van der Waals surface area contributed by atoms with E-state index in [1.165, 1.54) is 17.5 Å². The summed E-state index contributed by atoms with van der Waals surface area (Å²) in [6.45, 7) is 6.69. The lowest BCUT2D eigenvalue weighted by Gasteiger charge is -2.31. The Morgan fingerprint density at radius 3 is 2.91 bits per heavy atom. The standard InChI is InChI=1S/C17H25N3O.HI/c1-2-18-17(19-12-16-8-5-11-21-16)20-10-9-14-6-3-4-7-15(14)13-20;/h3-4,6-7,16H,2,5,8-13H2,1H3,(H,18,19);1H. The van der Waals surface area contributed by atoms with Crippen LogP contribution in [0.3, 0.4) is 0 Å². The van der Waals surface area contributed by atoms with Gasteiger partial charge in [0.25, 0.3) is 0 Å². The maximum absolute atomic E-state index is 5.67. The molecule has 3 rings (SSSR count). The van der Waals surface area contributed by atoms with Crippen molar-refractivity contribution < 1.29 is 4.74 Å². The third kappa shape index (κ3) is 4.35. The number of halogens is 1. The highest BCUT2D eigenvalue weighted by atomic mass is 127.